The largest absolute Gasteiger partial charge is 0.352 e. The van der Waals surface area contributed by atoms with Crippen LogP contribution in [0.3, 0.4) is 0 Å². The zero-order chi connectivity index (χ0) is 16.4. The van der Waals surface area contributed by atoms with E-state index in [0.717, 1.165) is 34.3 Å². The maximum atomic E-state index is 12.7. The third kappa shape index (κ3) is 3.13. The van der Waals surface area contributed by atoms with E-state index in [1.165, 1.54) is 12.8 Å². The average Bonchev–Trinajstić information content (AvgIpc) is 3.47. The smallest absolute Gasteiger partial charge is 0.252 e. The van der Waals surface area contributed by atoms with E-state index in [0.29, 0.717) is 12.5 Å². The van der Waals surface area contributed by atoms with Crippen LogP contribution in [0.2, 0.25) is 0 Å². The van der Waals surface area contributed by atoms with Gasteiger partial charge in [-0.3, -0.25) is 14.8 Å². The highest BCUT2D eigenvalue weighted by molar-refractivity contribution is 6.06. The summed E-state index contributed by atoms with van der Waals surface area (Å²) in [6, 6.07) is 15.7. The number of nitrogens with one attached hydrogen (secondary N) is 1. The number of amides is 1. The van der Waals surface area contributed by atoms with Gasteiger partial charge in [-0.05, 0) is 37.1 Å². The Kier molecular flexibility index (Phi) is 3.95. The maximum absolute atomic E-state index is 12.7. The molecule has 0 unspecified atom stereocenters. The van der Waals surface area contributed by atoms with Crippen LogP contribution in [0.1, 0.15) is 40.5 Å². The topological polar surface area (TPSA) is 54.9 Å². The number of carbonyl (C=O) groups excluding carboxylic acids is 1. The van der Waals surface area contributed by atoms with Crippen LogP contribution in [0.4, 0.5) is 0 Å². The second kappa shape index (κ2) is 6.40. The molecule has 0 radical (unpaired) electrons. The first-order valence-electron chi connectivity index (χ1n) is 8.39. The number of para-hydroxylation sites is 1. The molecule has 1 aliphatic rings. The van der Waals surface area contributed by atoms with Gasteiger partial charge in [0.1, 0.15) is 0 Å². The number of nitrogens with zero attached hydrogens (tertiary/aromatic N) is 2. The molecule has 0 aliphatic heterocycles. The number of pyridine rings is 2. The molecule has 1 amide bonds. The molecule has 1 aliphatic carbocycles. The van der Waals surface area contributed by atoms with Gasteiger partial charge in [0.25, 0.3) is 5.91 Å². The Morgan fingerprint density at radius 3 is 2.75 bits per heavy atom. The van der Waals surface area contributed by atoms with Crippen LogP contribution >= 0.6 is 0 Å². The molecule has 0 spiro atoms. The standard InChI is InChI=1S/C20H19N3O/c24-20(22-12-10-15-5-3-4-11-21-15)17-13-19(14-8-9-14)23-18-7-2-1-6-16(17)18/h1-7,11,13-14H,8-10,12H2,(H,22,24). The molecule has 2 heterocycles. The lowest BCUT2D eigenvalue weighted by molar-refractivity contribution is 0.0955. The molecule has 4 rings (SSSR count). The first-order chi connectivity index (χ1) is 11.8. The normalized spacial score (nSPS) is 13.8. The number of hydrogen-bond acceptors (Lipinski definition) is 3. The molecule has 2 aromatic heterocycles. The molecule has 1 N–H and O–H groups in total. The fourth-order valence-electron chi connectivity index (χ4n) is 2.92. The minimum Gasteiger partial charge on any atom is -0.352 e. The summed E-state index contributed by atoms with van der Waals surface area (Å²) in [4.78, 5) is 21.7. The van der Waals surface area contributed by atoms with E-state index in [1.54, 1.807) is 6.20 Å². The van der Waals surface area contributed by atoms with Crippen molar-refractivity contribution in [3.05, 3.63) is 71.7 Å². The number of rotatable bonds is 5. The summed E-state index contributed by atoms with van der Waals surface area (Å²) in [5, 5.41) is 3.93. The molecule has 0 bridgehead atoms. The average molecular weight is 317 g/mol. The monoisotopic (exact) mass is 317 g/mol. The van der Waals surface area contributed by atoms with Gasteiger partial charge in [-0.2, -0.15) is 0 Å². The number of fused-ring (bicyclic) bond motifs is 1. The van der Waals surface area contributed by atoms with Crippen LogP contribution < -0.4 is 5.32 Å². The highest BCUT2D eigenvalue weighted by atomic mass is 16.1. The predicted molar refractivity (Wildman–Crippen MR) is 94.0 cm³/mol. The van der Waals surface area contributed by atoms with E-state index in [-0.39, 0.29) is 5.91 Å². The molecule has 1 saturated carbocycles. The van der Waals surface area contributed by atoms with Crippen molar-refractivity contribution in [1.29, 1.82) is 0 Å². The second-order valence-corrected chi connectivity index (χ2v) is 6.21. The lowest BCUT2D eigenvalue weighted by atomic mass is 10.1. The minimum absolute atomic E-state index is 0.0357. The van der Waals surface area contributed by atoms with E-state index in [1.807, 2.05) is 48.5 Å². The van der Waals surface area contributed by atoms with Crippen LogP contribution in [0.15, 0.2) is 54.7 Å². The Balaban J connectivity index is 1.54. The van der Waals surface area contributed by atoms with Crippen LogP contribution in [-0.4, -0.2) is 22.4 Å². The zero-order valence-corrected chi connectivity index (χ0v) is 13.4. The van der Waals surface area contributed by atoms with Gasteiger partial charge in [-0.15, -0.1) is 0 Å². The van der Waals surface area contributed by atoms with E-state index >= 15 is 0 Å². The second-order valence-electron chi connectivity index (χ2n) is 6.21. The van der Waals surface area contributed by atoms with Crippen molar-refractivity contribution in [2.24, 2.45) is 0 Å². The predicted octanol–water partition coefficient (Wildman–Crippen LogP) is 3.48. The first-order valence-corrected chi connectivity index (χ1v) is 8.39. The number of carbonyl (C=O) groups is 1. The van der Waals surface area contributed by atoms with Gasteiger partial charge in [-0.25, -0.2) is 0 Å². The zero-order valence-electron chi connectivity index (χ0n) is 13.4. The Morgan fingerprint density at radius 1 is 1.12 bits per heavy atom. The van der Waals surface area contributed by atoms with Gasteiger partial charge in [0.15, 0.2) is 0 Å². The lowest BCUT2D eigenvalue weighted by Crippen LogP contribution is -2.26. The SMILES string of the molecule is O=C(NCCc1ccccn1)c1cc(C2CC2)nc2ccccc12. The Morgan fingerprint density at radius 2 is 1.96 bits per heavy atom. The summed E-state index contributed by atoms with van der Waals surface area (Å²) in [5.74, 6) is 0.487. The van der Waals surface area contributed by atoms with Crippen LogP contribution in [0, 0.1) is 0 Å². The minimum atomic E-state index is -0.0357. The van der Waals surface area contributed by atoms with Gasteiger partial charge < -0.3 is 5.32 Å². The number of aromatic nitrogens is 2. The van der Waals surface area contributed by atoms with Gasteiger partial charge >= 0.3 is 0 Å². The summed E-state index contributed by atoms with van der Waals surface area (Å²) in [6.45, 7) is 0.575. The highest BCUT2D eigenvalue weighted by Gasteiger charge is 2.26. The van der Waals surface area contributed by atoms with Gasteiger partial charge in [0.2, 0.25) is 0 Å². The van der Waals surface area contributed by atoms with E-state index < -0.39 is 0 Å². The fourth-order valence-corrected chi connectivity index (χ4v) is 2.92. The lowest BCUT2D eigenvalue weighted by Gasteiger charge is -2.10. The first kappa shape index (κ1) is 14.8. The number of hydrogen-bond donors (Lipinski definition) is 1. The molecule has 1 fully saturated rings. The summed E-state index contributed by atoms with van der Waals surface area (Å²) in [6.07, 6.45) is 4.85. The molecule has 4 nitrogen and oxygen atoms in total. The Hall–Kier alpha value is -2.75. The summed E-state index contributed by atoms with van der Waals surface area (Å²) in [7, 11) is 0. The summed E-state index contributed by atoms with van der Waals surface area (Å²) in [5.41, 5.74) is 3.65. The Bertz CT molecular complexity index is 872. The summed E-state index contributed by atoms with van der Waals surface area (Å²) >= 11 is 0. The molecular weight excluding hydrogens is 298 g/mol. The molecule has 4 heteroatoms. The molecule has 0 saturated heterocycles. The van der Waals surface area contributed by atoms with E-state index in [4.69, 9.17) is 4.98 Å². The quantitative estimate of drug-likeness (QED) is 0.784. The molecule has 3 aromatic rings. The van der Waals surface area contributed by atoms with Crippen molar-refractivity contribution in [3.63, 3.8) is 0 Å². The van der Waals surface area contributed by atoms with E-state index in [9.17, 15) is 4.79 Å². The Labute approximate surface area is 141 Å². The van der Waals surface area contributed by atoms with E-state index in [2.05, 4.69) is 10.3 Å². The molecule has 1 aromatic carbocycles. The third-order valence-corrected chi connectivity index (χ3v) is 4.37. The highest BCUT2D eigenvalue weighted by Crippen LogP contribution is 2.40. The maximum Gasteiger partial charge on any atom is 0.252 e. The van der Waals surface area contributed by atoms with Crippen molar-refractivity contribution in [1.82, 2.24) is 15.3 Å². The van der Waals surface area contributed by atoms with Crippen molar-refractivity contribution in [2.45, 2.75) is 25.2 Å². The van der Waals surface area contributed by atoms with Gasteiger partial charge in [0.05, 0.1) is 11.1 Å². The van der Waals surface area contributed by atoms with Gasteiger partial charge in [-0.1, -0.05) is 24.3 Å². The molecular formula is C20H19N3O. The molecule has 0 atom stereocenters. The fraction of sp³-hybridized carbons (Fsp3) is 0.250. The van der Waals surface area contributed by atoms with Gasteiger partial charge in [0, 0.05) is 41.9 Å². The van der Waals surface area contributed by atoms with Crippen LogP contribution in [0.5, 0.6) is 0 Å². The van der Waals surface area contributed by atoms with Crippen molar-refractivity contribution in [2.75, 3.05) is 6.54 Å². The van der Waals surface area contributed by atoms with Crippen LogP contribution in [0.25, 0.3) is 10.9 Å². The van der Waals surface area contributed by atoms with Crippen molar-refractivity contribution in [3.8, 4) is 0 Å². The summed E-state index contributed by atoms with van der Waals surface area (Å²) < 4.78 is 0. The third-order valence-electron chi connectivity index (χ3n) is 4.37. The van der Waals surface area contributed by atoms with Crippen molar-refractivity contribution < 1.29 is 4.79 Å². The van der Waals surface area contributed by atoms with Crippen molar-refractivity contribution >= 4 is 16.8 Å². The number of benzene rings is 1. The van der Waals surface area contributed by atoms with Crippen LogP contribution in [-0.2, 0) is 6.42 Å². The molecule has 120 valence electrons. The molecule has 24 heavy (non-hydrogen) atoms.